The summed E-state index contributed by atoms with van der Waals surface area (Å²) in [6.07, 6.45) is 5.17. The average molecular weight is 281 g/mol. The molecule has 0 saturated heterocycles. The van der Waals surface area contributed by atoms with Crippen LogP contribution in [0.3, 0.4) is 0 Å². The van der Waals surface area contributed by atoms with E-state index in [9.17, 15) is 4.79 Å². The molecule has 1 amide bonds. The third-order valence-electron chi connectivity index (χ3n) is 3.89. The molecule has 1 aromatic heterocycles. The summed E-state index contributed by atoms with van der Waals surface area (Å²) < 4.78 is 0. The van der Waals surface area contributed by atoms with Crippen LogP contribution in [0.1, 0.15) is 40.5 Å². The Morgan fingerprint density at radius 1 is 1.29 bits per heavy atom. The number of nitrogens with one attached hydrogen (secondary N) is 2. The Kier molecular flexibility index (Phi) is 3.86. The lowest BCUT2D eigenvalue weighted by molar-refractivity contribution is 0.0963. The fourth-order valence-electron chi connectivity index (χ4n) is 2.85. The second-order valence-corrected chi connectivity index (χ2v) is 5.30. The predicted octanol–water partition coefficient (Wildman–Crippen LogP) is 2.93. The van der Waals surface area contributed by atoms with Crippen molar-refractivity contribution in [1.82, 2.24) is 10.3 Å². The molecule has 0 radical (unpaired) electrons. The number of carbonyl (C=O) groups excluding carboxylic acids is 1. The zero-order valence-corrected chi connectivity index (χ0v) is 12.1. The highest BCUT2D eigenvalue weighted by Gasteiger charge is 2.21. The Morgan fingerprint density at radius 3 is 3.05 bits per heavy atom. The normalized spacial score (nSPS) is 16.9. The number of nitrogens with zero attached hydrogens (tertiary/aromatic N) is 1. The minimum atomic E-state index is -0.0687. The van der Waals surface area contributed by atoms with Crippen molar-refractivity contribution in [3.8, 4) is 0 Å². The molecule has 4 nitrogen and oxygen atoms in total. The van der Waals surface area contributed by atoms with E-state index in [1.807, 2.05) is 36.5 Å². The molecular formula is C17H19N3O. The van der Waals surface area contributed by atoms with Gasteiger partial charge in [0, 0.05) is 24.5 Å². The standard InChI is InChI=1S/C17H19N3O/c1-18-17(21)13-6-2-8-14(11-13)20-15-9-3-5-12-7-4-10-19-16(12)15/h2,4,6-8,10-11,15,20H,3,5,9H2,1H3,(H,18,21). The number of hydrogen-bond acceptors (Lipinski definition) is 3. The third kappa shape index (κ3) is 2.89. The molecule has 0 saturated carbocycles. The molecule has 21 heavy (non-hydrogen) atoms. The fourth-order valence-corrected chi connectivity index (χ4v) is 2.85. The quantitative estimate of drug-likeness (QED) is 0.909. The van der Waals surface area contributed by atoms with Crippen LogP contribution in [0.4, 0.5) is 5.69 Å². The molecule has 2 N–H and O–H groups in total. The van der Waals surface area contributed by atoms with Crippen LogP contribution in [0.2, 0.25) is 0 Å². The smallest absolute Gasteiger partial charge is 0.251 e. The summed E-state index contributed by atoms with van der Waals surface area (Å²) in [5, 5.41) is 6.16. The molecule has 1 unspecified atom stereocenters. The number of carbonyl (C=O) groups is 1. The van der Waals surface area contributed by atoms with Gasteiger partial charge in [-0.15, -0.1) is 0 Å². The van der Waals surface area contributed by atoms with Crippen LogP contribution in [0.5, 0.6) is 0 Å². The molecular weight excluding hydrogens is 262 g/mol. The molecule has 0 aliphatic heterocycles. The zero-order valence-electron chi connectivity index (χ0n) is 12.1. The molecule has 2 aromatic rings. The molecule has 0 spiro atoms. The summed E-state index contributed by atoms with van der Waals surface area (Å²) in [6.45, 7) is 0. The SMILES string of the molecule is CNC(=O)c1cccc(NC2CCCc3cccnc32)c1. The first kappa shape index (κ1) is 13.6. The van der Waals surface area contributed by atoms with E-state index >= 15 is 0 Å². The van der Waals surface area contributed by atoms with E-state index in [-0.39, 0.29) is 11.9 Å². The van der Waals surface area contributed by atoms with Crippen LogP contribution in [-0.2, 0) is 6.42 Å². The van der Waals surface area contributed by atoms with E-state index < -0.39 is 0 Å². The molecule has 0 bridgehead atoms. The van der Waals surface area contributed by atoms with E-state index in [0.717, 1.165) is 30.6 Å². The van der Waals surface area contributed by atoms with E-state index in [0.29, 0.717) is 5.56 Å². The van der Waals surface area contributed by atoms with Gasteiger partial charge >= 0.3 is 0 Å². The van der Waals surface area contributed by atoms with Crippen molar-refractivity contribution in [2.24, 2.45) is 0 Å². The molecule has 0 fully saturated rings. The van der Waals surface area contributed by atoms with E-state index in [2.05, 4.69) is 21.7 Å². The van der Waals surface area contributed by atoms with Gasteiger partial charge in [-0.1, -0.05) is 12.1 Å². The number of rotatable bonds is 3. The van der Waals surface area contributed by atoms with Gasteiger partial charge in [0.25, 0.3) is 5.91 Å². The Labute approximate surface area is 124 Å². The second kappa shape index (κ2) is 5.95. The molecule has 3 rings (SSSR count). The first-order valence-corrected chi connectivity index (χ1v) is 7.30. The van der Waals surface area contributed by atoms with Gasteiger partial charge in [0.15, 0.2) is 0 Å². The molecule has 4 heteroatoms. The van der Waals surface area contributed by atoms with Gasteiger partial charge in [-0.3, -0.25) is 9.78 Å². The summed E-state index contributed by atoms with van der Waals surface area (Å²) in [5.41, 5.74) is 4.08. The lowest BCUT2D eigenvalue weighted by atomic mass is 9.91. The lowest BCUT2D eigenvalue weighted by Crippen LogP contribution is -2.20. The van der Waals surface area contributed by atoms with Crippen molar-refractivity contribution in [2.75, 3.05) is 12.4 Å². The molecule has 1 aromatic carbocycles. The number of anilines is 1. The largest absolute Gasteiger partial charge is 0.377 e. The van der Waals surface area contributed by atoms with E-state index in [4.69, 9.17) is 0 Å². The van der Waals surface area contributed by atoms with Crippen LogP contribution in [0.15, 0.2) is 42.6 Å². The van der Waals surface area contributed by atoms with Crippen LogP contribution in [0.25, 0.3) is 0 Å². The Morgan fingerprint density at radius 2 is 2.19 bits per heavy atom. The fraction of sp³-hybridized carbons (Fsp3) is 0.294. The average Bonchev–Trinajstić information content (AvgIpc) is 2.55. The van der Waals surface area contributed by atoms with Gasteiger partial charge in [0.05, 0.1) is 11.7 Å². The Bertz CT molecular complexity index is 654. The van der Waals surface area contributed by atoms with Crippen LogP contribution >= 0.6 is 0 Å². The van der Waals surface area contributed by atoms with Crippen LogP contribution in [0, 0.1) is 0 Å². The number of amides is 1. The Balaban J connectivity index is 1.83. The van der Waals surface area contributed by atoms with Crippen molar-refractivity contribution in [3.05, 3.63) is 59.4 Å². The van der Waals surface area contributed by atoms with Crippen molar-refractivity contribution >= 4 is 11.6 Å². The molecule has 1 heterocycles. The van der Waals surface area contributed by atoms with Crippen molar-refractivity contribution in [1.29, 1.82) is 0 Å². The predicted molar refractivity (Wildman–Crippen MR) is 83.4 cm³/mol. The first-order chi connectivity index (χ1) is 10.3. The van der Waals surface area contributed by atoms with Gasteiger partial charge in [-0.25, -0.2) is 0 Å². The number of benzene rings is 1. The molecule has 1 atom stereocenters. The maximum atomic E-state index is 11.7. The summed E-state index contributed by atoms with van der Waals surface area (Å²) in [4.78, 5) is 16.2. The minimum absolute atomic E-state index is 0.0687. The summed E-state index contributed by atoms with van der Waals surface area (Å²) in [6, 6.07) is 12.0. The van der Waals surface area contributed by atoms with Crippen LogP contribution < -0.4 is 10.6 Å². The van der Waals surface area contributed by atoms with Gasteiger partial charge in [0.2, 0.25) is 0 Å². The highest BCUT2D eigenvalue weighted by Crippen LogP contribution is 2.30. The number of fused-ring (bicyclic) bond motifs is 1. The highest BCUT2D eigenvalue weighted by molar-refractivity contribution is 5.94. The van der Waals surface area contributed by atoms with Crippen molar-refractivity contribution in [2.45, 2.75) is 25.3 Å². The molecule has 1 aliphatic carbocycles. The van der Waals surface area contributed by atoms with Gasteiger partial charge in [-0.05, 0) is 49.1 Å². The maximum absolute atomic E-state index is 11.7. The minimum Gasteiger partial charge on any atom is -0.377 e. The number of aromatic nitrogens is 1. The summed E-state index contributed by atoms with van der Waals surface area (Å²) in [5.74, 6) is -0.0687. The number of pyridine rings is 1. The monoisotopic (exact) mass is 281 g/mol. The van der Waals surface area contributed by atoms with Crippen LogP contribution in [-0.4, -0.2) is 17.9 Å². The van der Waals surface area contributed by atoms with Gasteiger partial charge < -0.3 is 10.6 Å². The zero-order chi connectivity index (χ0) is 14.7. The Hall–Kier alpha value is -2.36. The first-order valence-electron chi connectivity index (χ1n) is 7.30. The number of hydrogen-bond donors (Lipinski definition) is 2. The topological polar surface area (TPSA) is 54.0 Å². The number of aryl methyl sites for hydroxylation is 1. The highest BCUT2D eigenvalue weighted by atomic mass is 16.1. The van der Waals surface area contributed by atoms with Gasteiger partial charge in [-0.2, -0.15) is 0 Å². The maximum Gasteiger partial charge on any atom is 0.251 e. The summed E-state index contributed by atoms with van der Waals surface area (Å²) >= 11 is 0. The lowest BCUT2D eigenvalue weighted by Gasteiger charge is -2.26. The molecule has 1 aliphatic rings. The third-order valence-corrected chi connectivity index (χ3v) is 3.89. The second-order valence-electron chi connectivity index (χ2n) is 5.30. The summed E-state index contributed by atoms with van der Waals surface area (Å²) in [7, 11) is 1.64. The van der Waals surface area contributed by atoms with E-state index in [1.165, 1.54) is 5.56 Å². The van der Waals surface area contributed by atoms with Crippen molar-refractivity contribution in [3.63, 3.8) is 0 Å². The van der Waals surface area contributed by atoms with Gasteiger partial charge in [0.1, 0.15) is 0 Å². The molecule has 108 valence electrons. The van der Waals surface area contributed by atoms with Crippen molar-refractivity contribution < 1.29 is 4.79 Å². The van der Waals surface area contributed by atoms with E-state index in [1.54, 1.807) is 7.05 Å².